The molecule has 1 fully saturated rings. The van der Waals surface area contributed by atoms with Crippen LogP contribution in [0.25, 0.3) is 0 Å². The van der Waals surface area contributed by atoms with Gasteiger partial charge in [0, 0.05) is 60.7 Å². The number of carboxylic acid groups (broad SMARTS) is 1. The molecule has 0 aliphatic carbocycles. The van der Waals surface area contributed by atoms with Crippen LogP contribution in [0, 0.1) is 23.7 Å². The molecule has 1 heterocycles. The fraction of sp³-hybridized carbons (Fsp3) is 0.735. The highest BCUT2D eigenvalue weighted by atomic mass is 16.5. The molecule has 65 heavy (non-hydrogen) atoms. The second-order valence-electron chi connectivity index (χ2n) is 18.5. The van der Waals surface area contributed by atoms with Gasteiger partial charge in [-0.25, -0.2) is 4.79 Å². The van der Waals surface area contributed by atoms with E-state index in [1.807, 2.05) is 59.7 Å². The number of rotatable bonds is 29. The number of carbonyl (C=O) groups is 7. The fourth-order valence-corrected chi connectivity index (χ4v) is 8.98. The summed E-state index contributed by atoms with van der Waals surface area (Å²) in [5.74, 6) is -4.62. The highest BCUT2D eigenvalue weighted by Gasteiger charge is 2.44. The molecule has 4 N–H and O–H groups in total. The van der Waals surface area contributed by atoms with Crippen LogP contribution in [0.5, 0.6) is 0 Å². The number of unbranched alkanes of at least 4 members (excludes halogenated alkanes) is 2. The normalized spacial score (nSPS) is 17.6. The van der Waals surface area contributed by atoms with Crippen LogP contribution in [-0.4, -0.2) is 145 Å². The Balaban J connectivity index is 2.22. The second kappa shape index (κ2) is 28.5. The predicted octanol–water partition coefficient (Wildman–Crippen LogP) is 4.82. The van der Waals surface area contributed by atoms with E-state index in [4.69, 9.17) is 9.47 Å². The standard InChI is InChI=1S/C49H82N6O10/c1-13-15-19-27-50-39(56)25-20-26-40(57)53(9)43(32(5)6)47(60)52-42(31(3)4)48(61)54(10)44(33(7)14-2)38(64-11)30-41(58)55-28-21-24-37(55)45(65-12)34(8)46(59)51-36(49(62)63)29-35-22-17-16-18-23-35/h16-18,22-23,31-34,36-38,42-45H,13-15,19-21,24-30H2,1-12H3,(H,50,56)(H,51,59)(H,52,60)(H,62,63)/t33-,34+,36-,37-,38+,42-,43-,44-,45+/m0/s1. The lowest BCUT2D eigenvalue weighted by atomic mass is 9.89. The molecule has 0 spiro atoms. The minimum atomic E-state index is -1.16. The number of amides is 6. The highest BCUT2D eigenvalue weighted by Crippen LogP contribution is 2.30. The zero-order chi connectivity index (χ0) is 49.0. The molecule has 0 radical (unpaired) electrons. The zero-order valence-electron chi connectivity index (χ0n) is 41.4. The molecule has 1 saturated heterocycles. The van der Waals surface area contributed by atoms with Crippen LogP contribution in [0.15, 0.2) is 30.3 Å². The molecule has 2 rings (SSSR count). The van der Waals surface area contributed by atoms with Gasteiger partial charge in [0.15, 0.2) is 0 Å². The molecule has 1 aliphatic rings. The quantitative estimate of drug-likeness (QED) is 0.0808. The minimum absolute atomic E-state index is 0.0731. The SMILES string of the molecule is CCCCCNC(=O)CCCC(=O)N(C)[C@H](C(=O)N[C@H](C(=O)N(C)[C@@H]([C@@H](C)CC)[C@@H](CC(=O)N1CCC[C@H]1[C@H](OC)[C@@H](C)C(=O)N[C@@H](Cc1ccccc1)C(=O)O)OC)C(C)C)C(C)C. The van der Waals surface area contributed by atoms with Crippen molar-refractivity contribution in [3.05, 3.63) is 35.9 Å². The van der Waals surface area contributed by atoms with Crippen molar-refractivity contribution in [2.24, 2.45) is 23.7 Å². The summed E-state index contributed by atoms with van der Waals surface area (Å²) < 4.78 is 11.9. The van der Waals surface area contributed by atoms with Crippen LogP contribution in [0.1, 0.15) is 125 Å². The first-order valence-electron chi connectivity index (χ1n) is 23.8. The lowest BCUT2D eigenvalue weighted by molar-refractivity contribution is -0.149. The number of carbonyl (C=O) groups excluding carboxylic acids is 6. The molecule has 16 nitrogen and oxygen atoms in total. The number of ether oxygens (including phenoxy) is 2. The number of nitrogens with one attached hydrogen (secondary N) is 3. The van der Waals surface area contributed by atoms with E-state index < -0.39 is 66.1 Å². The van der Waals surface area contributed by atoms with Crippen molar-refractivity contribution >= 4 is 41.4 Å². The third-order valence-electron chi connectivity index (χ3n) is 13.0. The summed E-state index contributed by atoms with van der Waals surface area (Å²) in [4.78, 5) is 99.0. The van der Waals surface area contributed by atoms with Crippen molar-refractivity contribution < 1.29 is 48.1 Å². The maximum absolute atomic E-state index is 14.5. The molecular formula is C49H82N6O10. The Hall–Kier alpha value is -4.57. The summed E-state index contributed by atoms with van der Waals surface area (Å²) in [5.41, 5.74) is 0.767. The van der Waals surface area contributed by atoms with E-state index in [2.05, 4.69) is 22.9 Å². The largest absolute Gasteiger partial charge is 0.480 e. The van der Waals surface area contributed by atoms with Gasteiger partial charge in [0.2, 0.25) is 35.4 Å². The Morgan fingerprint density at radius 1 is 0.831 bits per heavy atom. The van der Waals surface area contributed by atoms with E-state index in [-0.39, 0.29) is 67.1 Å². The molecule has 0 saturated carbocycles. The van der Waals surface area contributed by atoms with E-state index in [1.54, 1.807) is 43.0 Å². The average Bonchev–Trinajstić information content (AvgIpc) is 3.76. The summed E-state index contributed by atoms with van der Waals surface area (Å²) in [6.07, 6.45) is 4.12. The number of likely N-dealkylation sites (N-methyl/N-ethyl adjacent to an activating group) is 2. The average molecular weight is 915 g/mol. The predicted molar refractivity (Wildman–Crippen MR) is 250 cm³/mol. The summed E-state index contributed by atoms with van der Waals surface area (Å²) in [7, 11) is 6.22. The van der Waals surface area contributed by atoms with Gasteiger partial charge in [-0.15, -0.1) is 0 Å². The maximum Gasteiger partial charge on any atom is 0.326 e. The summed E-state index contributed by atoms with van der Waals surface area (Å²) in [6.45, 7) is 16.1. The van der Waals surface area contributed by atoms with Gasteiger partial charge in [-0.2, -0.15) is 0 Å². The van der Waals surface area contributed by atoms with Crippen LogP contribution in [0.2, 0.25) is 0 Å². The molecule has 16 heteroatoms. The van der Waals surface area contributed by atoms with Gasteiger partial charge in [0.1, 0.15) is 18.1 Å². The molecule has 6 amide bonds. The Kier molecular flexibility index (Phi) is 24.8. The van der Waals surface area contributed by atoms with E-state index >= 15 is 0 Å². The molecular weight excluding hydrogens is 833 g/mol. The number of likely N-dealkylation sites (tertiary alicyclic amines) is 1. The molecule has 9 atom stereocenters. The van der Waals surface area contributed by atoms with Crippen LogP contribution >= 0.6 is 0 Å². The van der Waals surface area contributed by atoms with Crippen LogP contribution in [0.3, 0.4) is 0 Å². The van der Waals surface area contributed by atoms with E-state index in [9.17, 15) is 38.7 Å². The van der Waals surface area contributed by atoms with E-state index in [1.165, 1.54) is 19.1 Å². The summed E-state index contributed by atoms with van der Waals surface area (Å²) >= 11 is 0. The molecule has 1 aromatic carbocycles. The number of aliphatic carboxylic acids is 1. The summed E-state index contributed by atoms with van der Waals surface area (Å²) in [6, 6.07) is 5.02. The molecule has 368 valence electrons. The Morgan fingerprint density at radius 2 is 1.49 bits per heavy atom. The van der Waals surface area contributed by atoms with Gasteiger partial charge in [0.05, 0.1) is 36.6 Å². The topological polar surface area (TPSA) is 204 Å². The lowest BCUT2D eigenvalue weighted by Gasteiger charge is -2.41. The first-order valence-corrected chi connectivity index (χ1v) is 23.8. The molecule has 0 unspecified atom stereocenters. The van der Waals surface area contributed by atoms with Crippen molar-refractivity contribution in [2.45, 2.75) is 168 Å². The smallest absolute Gasteiger partial charge is 0.326 e. The molecule has 1 aromatic rings. The molecule has 0 bridgehead atoms. The van der Waals surface area contributed by atoms with Gasteiger partial charge < -0.3 is 45.2 Å². The van der Waals surface area contributed by atoms with Gasteiger partial charge >= 0.3 is 5.97 Å². The van der Waals surface area contributed by atoms with Crippen LogP contribution < -0.4 is 16.0 Å². The fourth-order valence-electron chi connectivity index (χ4n) is 8.98. The van der Waals surface area contributed by atoms with Crippen molar-refractivity contribution in [3.8, 4) is 0 Å². The number of hydrogen-bond donors (Lipinski definition) is 4. The van der Waals surface area contributed by atoms with Gasteiger partial charge in [0.25, 0.3) is 0 Å². The van der Waals surface area contributed by atoms with Crippen molar-refractivity contribution in [3.63, 3.8) is 0 Å². The summed E-state index contributed by atoms with van der Waals surface area (Å²) in [5, 5.41) is 18.5. The van der Waals surface area contributed by atoms with Crippen LogP contribution in [0.4, 0.5) is 0 Å². The number of carboxylic acids is 1. The zero-order valence-corrected chi connectivity index (χ0v) is 41.4. The van der Waals surface area contributed by atoms with E-state index in [0.29, 0.717) is 38.8 Å². The Labute approximate surface area is 388 Å². The monoisotopic (exact) mass is 915 g/mol. The number of nitrogens with zero attached hydrogens (tertiary/aromatic N) is 3. The lowest BCUT2D eigenvalue weighted by Crippen LogP contribution is -2.60. The Bertz CT molecular complexity index is 1680. The highest BCUT2D eigenvalue weighted by molar-refractivity contribution is 5.92. The first-order chi connectivity index (χ1) is 30.7. The number of methoxy groups -OCH3 is 2. The molecule has 1 aliphatic heterocycles. The van der Waals surface area contributed by atoms with Gasteiger partial charge in [-0.05, 0) is 49.0 Å². The second-order valence-corrected chi connectivity index (χ2v) is 18.5. The minimum Gasteiger partial charge on any atom is -0.480 e. The van der Waals surface area contributed by atoms with E-state index in [0.717, 1.165) is 24.8 Å². The maximum atomic E-state index is 14.5. The Morgan fingerprint density at radius 3 is 2.05 bits per heavy atom. The van der Waals surface area contributed by atoms with Gasteiger partial charge in [-0.3, -0.25) is 28.8 Å². The number of benzene rings is 1. The van der Waals surface area contributed by atoms with Crippen molar-refractivity contribution in [1.29, 1.82) is 0 Å². The van der Waals surface area contributed by atoms with Crippen molar-refractivity contribution in [2.75, 3.05) is 41.4 Å². The molecule has 0 aromatic heterocycles. The van der Waals surface area contributed by atoms with Gasteiger partial charge in [-0.1, -0.05) is 105 Å². The first kappa shape index (κ1) is 56.6. The number of hydrogen-bond acceptors (Lipinski definition) is 9. The third-order valence-corrected chi connectivity index (χ3v) is 13.0. The van der Waals surface area contributed by atoms with Crippen molar-refractivity contribution in [1.82, 2.24) is 30.7 Å². The third kappa shape index (κ3) is 17.0. The van der Waals surface area contributed by atoms with Crippen LogP contribution in [-0.2, 0) is 49.5 Å².